The van der Waals surface area contributed by atoms with E-state index in [4.69, 9.17) is 9.47 Å². The molecule has 0 saturated heterocycles. The molecule has 0 aliphatic heterocycles. The maximum absolute atomic E-state index is 5.48. The highest BCUT2D eigenvalue weighted by Gasteiger charge is 2.03. The van der Waals surface area contributed by atoms with Gasteiger partial charge in [-0.25, -0.2) is 0 Å². The molecule has 0 aromatic heterocycles. The molecule has 1 aromatic rings. The Bertz CT molecular complexity index is 274. The lowest BCUT2D eigenvalue weighted by Gasteiger charge is -2.09. The highest BCUT2D eigenvalue weighted by molar-refractivity contribution is 7.80. The molecule has 0 atom stereocenters. The van der Waals surface area contributed by atoms with Crippen LogP contribution in [-0.2, 0) is 0 Å². The van der Waals surface area contributed by atoms with Gasteiger partial charge < -0.3 is 9.47 Å². The molecule has 0 spiro atoms. The van der Waals surface area contributed by atoms with Crippen LogP contribution in [0.25, 0.3) is 0 Å². The first kappa shape index (κ1) is 10.3. The summed E-state index contributed by atoms with van der Waals surface area (Å²) in [5.41, 5.74) is 0. The van der Waals surface area contributed by atoms with E-state index in [1.807, 2.05) is 18.2 Å². The largest absolute Gasteiger partial charge is 0.493 e. The van der Waals surface area contributed by atoms with Crippen LogP contribution in [-0.4, -0.2) is 13.7 Å². The van der Waals surface area contributed by atoms with Gasteiger partial charge in [-0.2, -0.15) is 0 Å². The number of methoxy groups -OCH3 is 1. The molecule has 0 N–H and O–H groups in total. The lowest BCUT2D eigenvalue weighted by Crippen LogP contribution is -1.97. The van der Waals surface area contributed by atoms with Crippen molar-refractivity contribution in [3.63, 3.8) is 0 Å². The molecule has 2 nitrogen and oxygen atoms in total. The first-order valence-electron chi connectivity index (χ1n) is 4.27. The monoisotopic (exact) mass is 198 g/mol. The molecule has 72 valence electrons. The summed E-state index contributed by atoms with van der Waals surface area (Å²) in [6.07, 6.45) is 0.986. The number of ether oxygens (including phenoxy) is 2. The number of hydrogen-bond donors (Lipinski definition) is 1. The van der Waals surface area contributed by atoms with Crippen LogP contribution in [0.4, 0.5) is 0 Å². The zero-order valence-electron chi connectivity index (χ0n) is 7.91. The summed E-state index contributed by atoms with van der Waals surface area (Å²) >= 11 is 4.23. The zero-order chi connectivity index (χ0) is 9.68. The summed E-state index contributed by atoms with van der Waals surface area (Å²) in [5.74, 6) is 1.52. The quantitative estimate of drug-likeness (QED) is 0.750. The molecule has 3 heteroatoms. The van der Waals surface area contributed by atoms with Gasteiger partial charge in [0.15, 0.2) is 11.5 Å². The van der Waals surface area contributed by atoms with Crippen molar-refractivity contribution >= 4 is 12.6 Å². The van der Waals surface area contributed by atoms with E-state index >= 15 is 0 Å². The topological polar surface area (TPSA) is 18.5 Å². The number of benzene rings is 1. The fourth-order valence-electron chi connectivity index (χ4n) is 0.990. The number of thiol groups is 1. The van der Waals surface area contributed by atoms with Gasteiger partial charge in [0.1, 0.15) is 0 Å². The summed E-state index contributed by atoms with van der Waals surface area (Å²) < 4.78 is 10.6. The van der Waals surface area contributed by atoms with Gasteiger partial charge in [-0.15, -0.1) is 12.6 Å². The second kappa shape index (κ2) is 5.02. The molecule has 0 aliphatic carbocycles. The van der Waals surface area contributed by atoms with Gasteiger partial charge >= 0.3 is 0 Å². The summed E-state index contributed by atoms with van der Waals surface area (Å²) in [6.45, 7) is 2.77. The van der Waals surface area contributed by atoms with Gasteiger partial charge in [0.25, 0.3) is 0 Å². The third-order valence-electron chi connectivity index (χ3n) is 1.61. The standard InChI is InChI=1S/C10H14O2S/c1-3-6-12-10-7-8(13)4-5-9(10)11-2/h4-5,7,13H,3,6H2,1-2H3. The smallest absolute Gasteiger partial charge is 0.162 e. The van der Waals surface area contributed by atoms with Crippen LogP contribution in [0.1, 0.15) is 13.3 Å². The highest BCUT2D eigenvalue weighted by Crippen LogP contribution is 2.29. The fourth-order valence-corrected chi connectivity index (χ4v) is 1.18. The van der Waals surface area contributed by atoms with Gasteiger partial charge in [-0.05, 0) is 24.6 Å². The maximum atomic E-state index is 5.48. The summed E-state index contributed by atoms with van der Waals surface area (Å²) in [5, 5.41) is 0. The molecule has 0 unspecified atom stereocenters. The normalized spacial score (nSPS) is 9.77. The van der Waals surface area contributed by atoms with Gasteiger partial charge in [0, 0.05) is 4.90 Å². The van der Waals surface area contributed by atoms with Crippen LogP contribution in [0.2, 0.25) is 0 Å². The van der Waals surface area contributed by atoms with Crippen molar-refractivity contribution in [2.75, 3.05) is 13.7 Å². The Kier molecular flexibility index (Phi) is 3.96. The maximum Gasteiger partial charge on any atom is 0.162 e. The van der Waals surface area contributed by atoms with Crippen LogP contribution in [0, 0.1) is 0 Å². The minimum atomic E-state index is 0.702. The van der Waals surface area contributed by atoms with E-state index in [-0.39, 0.29) is 0 Å². The lowest BCUT2D eigenvalue weighted by molar-refractivity contribution is 0.293. The van der Waals surface area contributed by atoms with E-state index in [0.717, 1.165) is 22.8 Å². The summed E-state index contributed by atoms with van der Waals surface area (Å²) in [7, 11) is 1.63. The predicted molar refractivity (Wildman–Crippen MR) is 56.0 cm³/mol. The Labute approximate surface area is 84.3 Å². The van der Waals surface area contributed by atoms with Gasteiger partial charge in [0.05, 0.1) is 13.7 Å². The predicted octanol–water partition coefficient (Wildman–Crippen LogP) is 2.77. The van der Waals surface area contributed by atoms with Crippen LogP contribution < -0.4 is 9.47 Å². The van der Waals surface area contributed by atoms with E-state index in [1.54, 1.807) is 7.11 Å². The Morgan fingerprint density at radius 2 is 2.08 bits per heavy atom. The molecule has 1 rings (SSSR count). The van der Waals surface area contributed by atoms with Crippen LogP contribution in [0.15, 0.2) is 23.1 Å². The van der Waals surface area contributed by atoms with Crippen LogP contribution in [0.3, 0.4) is 0 Å². The van der Waals surface area contributed by atoms with E-state index < -0.39 is 0 Å². The average molecular weight is 198 g/mol. The highest BCUT2D eigenvalue weighted by atomic mass is 32.1. The average Bonchev–Trinajstić information content (AvgIpc) is 2.15. The molecule has 0 heterocycles. The SMILES string of the molecule is CCCOc1cc(S)ccc1OC. The number of rotatable bonds is 4. The first-order valence-corrected chi connectivity index (χ1v) is 4.72. The van der Waals surface area contributed by atoms with Crippen molar-refractivity contribution in [1.29, 1.82) is 0 Å². The molecule has 0 saturated carbocycles. The van der Waals surface area contributed by atoms with Crippen molar-refractivity contribution in [3.05, 3.63) is 18.2 Å². The Morgan fingerprint density at radius 1 is 1.31 bits per heavy atom. The second-order valence-electron chi connectivity index (χ2n) is 2.68. The van der Waals surface area contributed by atoms with Gasteiger partial charge in [-0.3, -0.25) is 0 Å². The second-order valence-corrected chi connectivity index (χ2v) is 3.20. The third kappa shape index (κ3) is 2.84. The van der Waals surface area contributed by atoms with Crippen molar-refractivity contribution in [2.45, 2.75) is 18.2 Å². The third-order valence-corrected chi connectivity index (χ3v) is 1.89. The van der Waals surface area contributed by atoms with E-state index in [2.05, 4.69) is 19.6 Å². The van der Waals surface area contributed by atoms with Crippen molar-refractivity contribution < 1.29 is 9.47 Å². The Morgan fingerprint density at radius 3 is 2.69 bits per heavy atom. The lowest BCUT2D eigenvalue weighted by atomic mass is 10.3. The zero-order valence-corrected chi connectivity index (χ0v) is 8.80. The molecular weight excluding hydrogens is 184 g/mol. The minimum Gasteiger partial charge on any atom is -0.493 e. The minimum absolute atomic E-state index is 0.702. The van der Waals surface area contributed by atoms with Crippen molar-refractivity contribution in [2.24, 2.45) is 0 Å². The summed E-state index contributed by atoms with van der Waals surface area (Å²) in [4.78, 5) is 0.881. The molecule has 0 aliphatic rings. The van der Waals surface area contributed by atoms with E-state index in [9.17, 15) is 0 Å². The van der Waals surface area contributed by atoms with Crippen molar-refractivity contribution in [1.82, 2.24) is 0 Å². The van der Waals surface area contributed by atoms with E-state index in [1.165, 1.54) is 0 Å². The molecule has 13 heavy (non-hydrogen) atoms. The van der Waals surface area contributed by atoms with Gasteiger partial charge in [-0.1, -0.05) is 6.92 Å². The molecule has 0 radical (unpaired) electrons. The van der Waals surface area contributed by atoms with Gasteiger partial charge in [0.2, 0.25) is 0 Å². The molecule has 0 amide bonds. The summed E-state index contributed by atoms with van der Waals surface area (Å²) in [6, 6.07) is 5.59. The Balaban J connectivity index is 2.81. The molecule has 0 fully saturated rings. The Hall–Kier alpha value is -0.830. The fraction of sp³-hybridized carbons (Fsp3) is 0.400. The first-order chi connectivity index (χ1) is 6.27. The molecule has 1 aromatic carbocycles. The van der Waals surface area contributed by atoms with E-state index in [0.29, 0.717) is 6.61 Å². The van der Waals surface area contributed by atoms with Crippen molar-refractivity contribution in [3.8, 4) is 11.5 Å². The van der Waals surface area contributed by atoms with Crippen LogP contribution in [0.5, 0.6) is 11.5 Å². The molecule has 0 bridgehead atoms. The van der Waals surface area contributed by atoms with Crippen LogP contribution >= 0.6 is 12.6 Å². The number of hydrogen-bond acceptors (Lipinski definition) is 3. The molecular formula is C10H14O2S.